The normalized spacial score (nSPS) is 19.6. The fraction of sp³-hybridized carbons (Fsp3) is 0.333. The van der Waals surface area contributed by atoms with Crippen LogP contribution in [0.3, 0.4) is 0 Å². The van der Waals surface area contributed by atoms with Gasteiger partial charge in [0.15, 0.2) is 5.76 Å². The largest absolute Gasteiger partial charge is 0.497 e. The standard InChI is InChI=1S/C18H18N2O5/c1-23-14-4-2-3-12(9-14)15-5-6-16(25-15)17(21)19-7-8-20-13(10-19)11-24-18(20)22/h2-6,9,13H,7-8,10-11H2,1H3/t13-/m1/s1. The van der Waals surface area contributed by atoms with Crippen LogP contribution in [0.2, 0.25) is 0 Å². The van der Waals surface area contributed by atoms with Crippen LogP contribution in [-0.4, -0.2) is 61.2 Å². The van der Waals surface area contributed by atoms with Crippen LogP contribution in [0.4, 0.5) is 4.79 Å². The van der Waals surface area contributed by atoms with E-state index in [1.807, 2.05) is 24.3 Å². The molecule has 4 rings (SSSR count). The summed E-state index contributed by atoms with van der Waals surface area (Å²) >= 11 is 0. The molecule has 2 aliphatic rings. The third-order valence-electron chi connectivity index (χ3n) is 4.57. The van der Waals surface area contributed by atoms with E-state index in [0.29, 0.717) is 32.0 Å². The van der Waals surface area contributed by atoms with Gasteiger partial charge < -0.3 is 18.8 Å². The van der Waals surface area contributed by atoms with Gasteiger partial charge in [-0.3, -0.25) is 9.69 Å². The first-order valence-corrected chi connectivity index (χ1v) is 8.12. The van der Waals surface area contributed by atoms with Crippen molar-refractivity contribution in [2.45, 2.75) is 6.04 Å². The Kier molecular flexibility index (Phi) is 3.83. The number of hydrogen-bond donors (Lipinski definition) is 0. The van der Waals surface area contributed by atoms with Crippen molar-refractivity contribution in [3.05, 3.63) is 42.2 Å². The first-order valence-electron chi connectivity index (χ1n) is 8.12. The molecule has 7 heteroatoms. The molecule has 7 nitrogen and oxygen atoms in total. The lowest BCUT2D eigenvalue weighted by Gasteiger charge is -2.34. The van der Waals surface area contributed by atoms with Crippen molar-refractivity contribution in [3.8, 4) is 17.1 Å². The van der Waals surface area contributed by atoms with E-state index >= 15 is 0 Å². The summed E-state index contributed by atoms with van der Waals surface area (Å²) in [7, 11) is 1.60. The van der Waals surface area contributed by atoms with Gasteiger partial charge in [0, 0.05) is 25.2 Å². The average molecular weight is 342 g/mol. The van der Waals surface area contributed by atoms with E-state index in [2.05, 4.69) is 0 Å². The molecule has 0 bridgehead atoms. The number of ether oxygens (including phenoxy) is 2. The summed E-state index contributed by atoms with van der Waals surface area (Å²) in [6.07, 6.45) is -0.296. The molecular weight excluding hydrogens is 324 g/mol. The summed E-state index contributed by atoms with van der Waals surface area (Å²) < 4.78 is 16.0. The quantitative estimate of drug-likeness (QED) is 0.855. The minimum atomic E-state index is -0.296. The van der Waals surface area contributed by atoms with E-state index in [1.54, 1.807) is 29.0 Å². The molecule has 1 aromatic carbocycles. The maximum atomic E-state index is 12.7. The van der Waals surface area contributed by atoms with Gasteiger partial charge in [0.05, 0.1) is 13.2 Å². The summed E-state index contributed by atoms with van der Waals surface area (Å²) in [5, 5.41) is 0. The molecule has 0 unspecified atom stereocenters. The molecule has 2 saturated heterocycles. The maximum absolute atomic E-state index is 12.7. The molecule has 130 valence electrons. The molecule has 0 N–H and O–H groups in total. The number of piperazine rings is 1. The van der Waals surface area contributed by atoms with Gasteiger partial charge >= 0.3 is 6.09 Å². The van der Waals surface area contributed by atoms with Crippen molar-refractivity contribution in [3.63, 3.8) is 0 Å². The van der Waals surface area contributed by atoms with Gasteiger partial charge in [0.1, 0.15) is 18.1 Å². The van der Waals surface area contributed by atoms with Crippen molar-refractivity contribution < 1.29 is 23.5 Å². The second kappa shape index (κ2) is 6.16. The molecule has 0 radical (unpaired) electrons. The van der Waals surface area contributed by atoms with E-state index in [0.717, 1.165) is 11.3 Å². The summed E-state index contributed by atoms with van der Waals surface area (Å²) in [6, 6.07) is 10.9. The van der Waals surface area contributed by atoms with Crippen LogP contribution in [-0.2, 0) is 4.74 Å². The lowest BCUT2D eigenvalue weighted by atomic mass is 10.1. The van der Waals surface area contributed by atoms with Crippen LogP contribution in [0.25, 0.3) is 11.3 Å². The Hall–Kier alpha value is -2.96. The minimum absolute atomic E-state index is 0.0713. The van der Waals surface area contributed by atoms with Crippen molar-refractivity contribution in [2.75, 3.05) is 33.4 Å². The van der Waals surface area contributed by atoms with Gasteiger partial charge in [-0.2, -0.15) is 0 Å². The van der Waals surface area contributed by atoms with Gasteiger partial charge in [-0.15, -0.1) is 0 Å². The third-order valence-corrected chi connectivity index (χ3v) is 4.57. The number of cyclic esters (lactones) is 1. The van der Waals surface area contributed by atoms with E-state index in [1.165, 1.54) is 0 Å². The average Bonchev–Trinajstić information content (AvgIpc) is 3.28. The molecule has 2 amide bonds. The third kappa shape index (κ3) is 2.82. The van der Waals surface area contributed by atoms with Crippen molar-refractivity contribution in [2.24, 2.45) is 0 Å². The SMILES string of the molecule is COc1cccc(-c2ccc(C(=O)N3CCN4C(=O)OC[C@H]4C3)o2)c1. The summed E-state index contributed by atoms with van der Waals surface area (Å²) in [5.74, 6) is 1.45. The summed E-state index contributed by atoms with van der Waals surface area (Å²) in [4.78, 5) is 27.6. The Morgan fingerprint density at radius 1 is 1.24 bits per heavy atom. The van der Waals surface area contributed by atoms with E-state index in [4.69, 9.17) is 13.9 Å². The number of rotatable bonds is 3. The Balaban J connectivity index is 1.50. The predicted octanol–water partition coefficient (Wildman–Crippen LogP) is 2.23. The van der Waals surface area contributed by atoms with Gasteiger partial charge in [0.2, 0.25) is 0 Å². The first kappa shape index (κ1) is 15.6. The molecule has 1 atom stereocenters. The molecule has 0 spiro atoms. The lowest BCUT2D eigenvalue weighted by Crippen LogP contribution is -2.53. The fourth-order valence-corrected chi connectivity index (χ4v) is 3.21. The van der Waals surface area contributed by atoms with Crippen LogP contribution in [0.1, 0.15) is 10.6 Å². The van der Waals surface area contributed by atoms with Crippen LogP contribution < -0.4 is 4.74 Å². The van der Waals surface area contributed by atoms with Crippen LogP contribution in [0.15, 0.2) is 40.8 Å². The smallest absolute Gasteiger partial charge is 0.410 e. The van der Waals surface area contributed by atoms with Gasteiger partial charge in [-0.05, 0) is 24.3 Å². The number of benzene rings is 1. The van der Waals surface area contributed by atoms with Crippen LogP contribution in [0, 0.1) is 0 Å². The highest BCUT2D eigenvalue weighted by molar-refractivity contribution is 5.92. The Morgan fingerprint density at radius 3 is 2.96 bits per heavy atom. The topological polar surface area (TPSA) is 72.2 Å². The van der Waals surface area contributed by atoms with Crippen LogP contribution in [0.5, 0.6) is 5.75 Å². The maximum Gasteiger partial charge on any atom is 0.410 e. The number of furan rings is 1. The molecule has 1 aromatic heterocycles. The fourth-order valence-electron chi connectivity index (χ4n) is 3.21. The highest BCUT2D eigenvalue weighted by Crippen LogP contribution is 2.27. The second-order valence-electron chi connectivity index (χ2n) is 6.07. The molecule has 2 fully saturated rings. The van der Waals surface area contributed by atoms with Crippen molar-refractivity contribution >= 4 is 12.0 Å². The highest BCUT2D eigenvalue weighted by atomic mass is 16.6. The lowest BCUT2D eigenvalue weighted by molar-refractivity contribution is 0.0587. The Morgan fingerprint density at radius 2 is 2.12 bits per heavy atom. The number of methoxy groups -OCH3 is 1. The number of nitrogens with zero attached hydrogens (tertiary/aromatic N) is 2. The van der Waals surface area contributed by atoms with Gasteiger partial charge in [-0.25, -0.2) is 4.79 Å². The summed E-state index contributed by atoms with van der Waals surface area (Å²) in [6.45, 7) is 1.74. The molecule has 2 aromatic rings. The van der Waals surface area contributed by atoms with Gasteiger partial charge in [-0.1, -0.05) is 12.1 Å². The van der Waals surface area contributed by atoms with E-state index in [9.17, 15) is 9.59 Å². The molecular formula is C18H18N2O5. The number of hydrogen-bond acceptors (Lipinski definition) is 5. The summed E-state index contributed by atoms with van der Waals surface area (Å²) in [5.41, 5.74) is 0.845. The molecule has 0 saturated carbocycles. The molecule has 25 heavy (non-hydrogen) atoms. The van der Waals surface area contributed by atoms with Crippen LogP contribution >= 0.6 is 0 Å². The predicted molar refractivity (Wildman–Crippen MR) is 88.4 cm³/mol. The second-order valence-corrected chi connectivity index (χ2v) is 6.07. The number of amides is 2. The Bertz CT molecular complexity index is 815. The van der Waals surface area contributed by atoms with Gasteiger partial charge in [0.25, 0.3) is 5.91 Å². The number of fused-ring (bicyclic) bond motifs is 1. The first-order chi connectivity index (χ1) is 12.2. The van der Waals surface area contributed by atoms with Crippen molar-refractivity contribution in [1.29, 1.82) is 0 Å². The Labute approximate surface area is 144 Å². The zero-order valence-corrected chi connectivity index (χ0v) is 13.8. The number of carbonyl (C=O) groups is 2. The van der Waals surface area contributed by atoms with E-state index in [-0.39, 0.29) is 23.8 Å². The zero-order valence-electron chi connectivity index (χ0n) is 13.8. The minimum Gasteiger partial charge on any atom is -0.497 e. The van der Waals surface area contributed by atoms with E-state index < -0.39 is 0 Å². The molecule has 2 aliphatic heterocycles. The number of carbonyl (C=O) groups excluding carboxylic acids is 2. The highest BCUT2D eigenvalue weighted by Gasteiger charge is 2.39. The zero-order chi connectivity index (χ0) is 17.4. The molecule has 0 aliphatic carbocycles. The van der Waals surface area contributed by atoms with Crippen molar-refractivity contribution in [1.82, 2.24) is 9.80 Å². The molecule has 3 heterocycles. The monoisotopic (exact) mass is 342 g/mol.